The van der Waals surface area contributed by atoms with Crippen LogP contribution in [-0.2, 0) is 10.0 Å². The van der Waals surface area contributed by atoms with Crippen molar-refractivity contribution in [2.24, 2.45) is 0 Å². The molecule has 2 heterocycles. The molecule has 0 radical (unpaired) electrons. The Hall–Kier alpha value is -3.19. The Bertz CT molecular complexity index is 1230. The fraction of sp³-hybridized carbons (Fsp3) is 0.143. The number of aromatic nitrogens is 3. The normalized spacial score (nSPS) is 11.8. The lowest BCUT2D eigenvalue weighted by Crippen LogP contribution is -2.13. The summed E-state index contributed by atoms with van der Waals surface area (Å²) in [5.74, 6) is 0.462. The number of sulfonamides is 1. The van der Waals surface area contributed by atoms with Gasteiger partial charge in [0.25, 0.3) is 10.0 Å². The van der Waals surface area contributed by atoms with Gasteiger partial charge in [0, 0.05) is 16.6 Å². The van der Waals surface area contributed by atoms with Crippen LogP contribution < -0.4 is 4.72 Å². The van der Waals surface area contributed by atoms with Gasteiger partial charge in [-0.3, -0.25) is 4.72 Å². The first-order valence-electron chi connectivity index (χ1n) is 8.95. The number of nitrogens with one attached hydrogen (secondary N) is 2. The molecule has 0 aliphatic heterocycles. The number of pyridine rings is 1. The third kappa shape index (κ3) is 3.61. The van der Waals surface area contributed by atoms with Gasteiger partial charge in [-0.1, -0.05) is 38.1 Å². The van der Waals surface area contributed by atoms with Crippen LogP contribution in [0.15, 0.2) is 72.1 Å². The van der Waals surface area contributed by atoms with E-state index in [9.17, 15) is 8.42 Å². The van der Waals surface area contributed by atoms with Crippen LogP contribution in [0.5, 0.6) is 0 Å². The van der Waals surface area contributed by atoms with Gasteiger partial charge in [0.05, 0.1) is 23.7 Å². The number of hydrogen-bond donors (Lipinski definition) is 2. The lowest BCUT2D eigenvalue weighted by Gasteiger charge is -2.10. The van der Waals surface area contributed by atoms with Gasteiger partial charge in [-0.05, 0) is 41.8 Å². The molecule has 0 spiro atoms. The number of imidazole rings is 1. The predicted octanol–water partition coefficient (Wildman–Crippen LogP) is 4.55. The highest BCUT2D eigenvalue weighted by molar-refractivity contribution is 7.92. The molecular weight excluding hydrogens is 372 g/mol. The summed E-state index contributed by atoms with van der Waals surface area (Å²) >= 11 is 0. The van der Waals surface area contributed by atoms with Crippen molar-refractivity contribution >= 4 is 26.6 Å². The van der Waals surface area contributed by atoms with E-state index in [1.165, 1.54) is 18.1 Å². The van der Waals surface area contributed by atoms with Gasteiger partial charge in [-0.15, -0.1) is 0 Å². The van der Waals surface area contributed by atoms with E-state index in [0.717, 1.165) is 22.2 Å². The van der Waals surface area contributed by atoms with Gasteiger partial charge in [0.2, 0.25) is 0 Å². The monoisotopic (exact) mass is 392 g/mol. The number of fused-ring (bicyclic) bond motifs is 1. The average molecular weight is 392 g/mol. The summed E-state index contributed by atoms with van der Waals surface area (Å²) in [5, 5.41) is 1.11. The molecule has 0 amide bonds. The van der Waals surface area contributed by atoms with Crippen LogP contribution in [0.2, 0.25) is 0 Å². The standard InChI is InChI=1S/C21H20N4O2S/c1-14(2)15-6-8-20-17(10-15)7-9-19(24-20)16-4-3-5-18(11-16)25-28(26,27)21-12-22-13-23-21/h3-14,25H,1-2H3,(H,22,23). The lowest BCUT2D eigenvalue weighted by atomic mass is 10.0. The summed E-state index contributed by atoms with van der Waals surface area (Å²) in [7, 11) is -3.71. The van der Waals surface area contributed by atoms with Crippen LogP contribution in [0.1, 0.15) is 25.3 Å². The minimum atomic E-state index is -3.71. The average Bonchev–Trinajstić information content (AvgIpc) is 3.23. The molecular formula is C21H20N4O2S. The predicted molar refractivity (Wildman–Crippen MR) is 111 cm³/mol. The highest BCUT2D eigenvalue weighted by Gasteiger charge is 2.16. The van der Waals surface area contributed by atoms with Crippen molar-refractivity contribution in [3.8, 4) is 11.3 Å². The van der Waals surface area contributed by atoms with Gasteiger partial charge in [0.15, 0.2) is 5.03 Å². The summed E-state index contributed by atoms with van der Waals surface area (Å²) in [6, 6.07) is 17.5. The zero-order valence-corrected chi connectivity index (χ0v) is 16.4. The molecule has 2 N–H and O–H groups in total. The van der Waals surface area contributed by atoms with Gasteiger partial charge in [0.1, 0.15) is 0 Å². The first-order chi connectivity index (χ1) is 13.4. The molecule has 142 valence electrons. The van der Waals surface area contributed by atoms with Crippen molar-refractivity contribution in [1.29, 1.82) is 0 Å². The summed E-state index contributed by atoms with van der Waals surface area (Å²) in [5.41, 5.74) is 4.26. The van der Waals surface area contributed by atoms with Crippen LogP contribution in [0.4, 0.5) is 5.69 Å². The molecule has 0 atom stereocenters. The molecule has 0 saturated heterocycles. The number of H-pyrrole nitrogens is 1. The molecule has 28 heavy (non-hydrogen) atoms. The number of benzene rings is 2. The maximum Gasteiger partial charge on any atom is 0.278 e. The highest BCUT2D eigenvalue weighted by atomic mass is 32.2. The minimum absolute atomic E-state index is 0.0164. The van der Waals surface area contributed by atoms with E-state index in [1.807, 2.05) is 24.3 Å². The van der Waals surface area contributed by atoms with Crippen molar-refractivity contribution in [1.82, 2.24) is 15.0 Å². The molecule has 4 rings (SSSR count). The van der Waals surface area contributed by atoms with E-state index in [0.29, 0.717) is 11.6 Å². The van der Waals surface area contributed by atoms with E-state index in [4.69, 9.17) is 4.98 Å². The quantitative estimate of drug-likeness (QED) is 0.522. The maximum absolute atomic E-state index is 12.4. The van der Waals surface area contributed by atoms with E-state index < -0.39 is 10.0 Å². The van der Waals surface area contributed by atoms with Gasteiger partial charge < -0.3 is 4.98 Å². The Kier molecular flexibility index (Phi) is 4.60. The van der Waals surface area contributed by atoms with Crippen LogP contribution in [0.25, 0.3) is 22.2 Å². The van der Waals surface area contributed by atoms with E-state index >= 15 is 0 Å². The fourth-order valence-electron chi connectivity index (χ4n) is 3.01. The van der Waals surface area contributed by atoms with Crippen LogP contribution in [0, 0.1) is 0 Å². The minimum Gasteiger partial charge on any atom is -0.334 e. The van der Waals surface area contributed by atoms with Crippen LogP contribution in [-0.4, -0.2) is 23.4 Å². The summed E-state index contributed by atoms with van der Waals surface area (Å²) in [6.45, 7) is 4.33. The number of rotatable bonds is 5. The second-order valence-corrected chi connectivity index (χ2v) is 8.56. The zero-order valence-electron chi connectivity index (χ0n) is 15.5. The Labute approximate surface area is 163 Å². The largest absolute Gasteiger partial charge is 0.334 e. The van der Waals surface area contributed by atoms with Crippen LogP contribution >= 0.6 is 0 Å². The zero-order chi connectivity index (χ0) is 19.7. The maximum atomic E-state index is 12.4. The van der Waals surface area contributed by atoms with Crippen molar-refractivity contribution < 1.29 is 8.42 Å². The third-order valence-corrected chi connectivity index (χ3v) is 5.86. The number of anilines is 1. The Morgan fingerprint density at radius 2 is 1.89 bits per heavy atom. The van der Waals surface area contributed by atoms with Crippen molar-refractivity contribution in [2.45, 2.75) is 24.8 Å². The first kappa shape index (κ1) is 18.2. The van der Waals surface area contributed by atoms with E-state index in [2.05, 4.69) is 40.7 Å². The lowest BCUT2D eigenvalue weighted by molar-refractivity contribution is 0.598. The van der Waals surface area contributed by atoms with Gasteiger partial charge in [-0.25, -0.2) is 9.97 Å². The molecule has 2 aromatic carbocycles. The molecule has 2 aromatic heterocycles. The van der Waals surface area contributed by atoms with Crippen molar-refractivity contribution in [3.05, 3.63) is 72.7 Å². The topological polar surface area (TPSA) is 87.7 Å². The van der Waals surface area contributed by atoms with Crippen LogP contribution in [0.3, 0.4) is 0 Å². The van der Waals surface area contributed by atoms with Crippen molar-refractivity contribution in [2.75, 3.05) is 4.72 Å². The molecule has 4 aromatic rings. The Morgan fingerprint density at radius 1 is 1.04 bits per heavy atom. The third-order valence-electron chi connectivity index (χ3n) is 4.55. The molecule has 0 aliphatic carbocycles. The SMILES string of the molecule is CC(C)c1ccc2nc(-c3cccc(NS(=O)(=O)c4cnc[nH]4)c3)ccc2c1. The second-order valence-electron chi connectivity index (χ2n) is 6.91. The molecule has 0 fully saturated rings. The van der Waals surface area contributed by atoms with Gasteiger partial charge >= 0.3 is 0 Å². The summed E-state index contributed by atoms with van der Waals surface area (Å²) in [4.78, 5) is 11.1. The molecule has 0 unspecified atom stereocenters. The molecule has 6 nitrogen and oxygen atoms in total. The second kappa shape index (κ2) is 7.09. The first-order valence-corrected chi connectivity index (χ1v) is 10.4. The number of hydrogen-bond acceptors (Lipinski definition) is 4. The van der Waals surface area contributed by atoms with Crippen molar-refractivity contribution in [3.63, 3.8) is 0 Å². The molecule has 7 heteroatoms. The Morgan fingerprint density at radius 3 is 2.64 bits per heavy atom. The molecule has 0 aliphatic rings. The van der Waals surface area contributed by atoms with Gasteiger partial charge in [-0.2, -0.15) is 8.42 Å². The van der Waals surface area contributed by atoms with E-state index in [-0.39, 0.29) is 5.03 Å². The van der Waals surface area contributed by atoms with E-state index in [1.54, 1.807) is 18.2 Å². The summed E-state index contributed by atoms with van der Waals surface area (Å²) < 4.78 is 27.3. The highest BCUT2D eigenvalue weighted by Crippen LogP contribution is 2.26. The number of nitrogens with zero attached hydrogens (tertiary/aromatic N) is 2. The Balaban J connectivity index is 1.66. The number of aromatic amines is 1. The molecule has 0 bridgehead atoms. The molecule has 0 saturated carbocycles. The smallest absolute Gasteiger partial charge is 0.278 e. The summed E-state index contributed by atoms with van der Waals surface area (Å²) in [6.07, 6.45) is 2.59. The fourth-order valence-corrected chi connectivity index (χ4v) is 3.96.